The first kappa shape index (κ1) is 17.7. The maximum absolute atomic E-state index is 12.5. The van der Waals surface area contributed by atoms with Gasteiger partial charge in [0.2, 0.25) is 11.8 Å². The smallest absolute Gasteiger partial charge is 0.255 e. The molecule has 1 heterocycles. The van der Waals surface area contributed by atoms with Gasteiger partial charge >= 0.3 is 0 Å². The number of amides is 3. The largest absolute Gasteiger partial charge is 0.359 e. The Morgan fingerprint density at radius 2 is 1.81 bits per heavy atom. The normalized spacial score (nSPS) is 12.5. The Morgan fingerprint density at radius 3 is 2.46 bits per heavy atom. The van der Waals surface area contributed by atoms with Gasteiger partial charge in [-0.05, 0) is 47.9 Å². The van der Waals surface area contributed by atoms with Crippen LogP contribution in [0, 0.1) is 0 Å². The lowest BCUT2D eigenvalue weighted by Crippen LogP contribution is -2.25. The van der Waals surface area contributed by atoms with E-state index in [4.69, 9.17) is 0 Å². The van der Waals surface area contributed by atoms with Gasteiger partial charge in [0.05, 0.1) is 6.42 Å². The predicted octanol–water partition coefficient (Wildman–Crippen LogP) is 2.14. The number of benzene rings is 2. The molecule has 0 bridgehead atoms. The zero-order chi connectivity index (χ0) is 18.7. The fraction of sp³-hybridized carbons (Fsp3) is 0.250. The number of nitrogens with zero attached hydrogens (tertiary/aromatic N) is 1. The fourth-order valence-electron chi connectivity index (χ4n) is 3.05. The van der Waals surface area contributed by atoms with Crippen molar-refractivity contribution in [1.29, 1.82) is 0 Å². The van der Waals surface area contributed by atoms with Crippen LogP contribution in [0.15, 0.2) is 42.5 Å². The summed E-state index contributed by atoms with van der Waals surface area (Å²) in [6.07, 6.45) is 1.06. The molecule has 6 nitrogen and oxygen atoms in total. The Morgan fingerprint density at radius 1 is 1.08 bits per heavy atom. The summed E-state index contributed by atoms with van der Waals surface area (Å²) >= 11 is 0. The summed E-state index contributed by atoms with van der Waals surface area (Å²) in [5, 5.41) is 5.44. The first-order chi connectivity index (χ1) is 12.5. The van der Waals surface area contributed by atoms with Crippen LogP contribution >= 0.6 is 0 Å². The van der Waals surface area contributed by atoms with E-state index in [1.165, 1.54) is 0 Å². The summed E-state index contributed by atoms with van der Waals surface area (Å²) in [5.74, 6) is -0.245. The highest BCUT2D eigenvalue weighted by molar-refractivity contribution is 6.05. The zero-order valence-electron chi connectivity index (χ0n) is 14.8. The number of nitrogens with one attached hydrogen (secondary N) is 2. The molecule has 2 aromatic carbocycles. The Balaban J connectivity index is 1.69. The van der Waals surface area contributed by atoms with Crippen LogP contribution < -0.4 is 15.5 Å². The lowest BCUT2D eigenvalue weighted by Gasteiger charge is -2.14. The van der Waals surface area contributed by atoms with Crippen molar-refractivity contribution in [2.24, 2.45) is 0 Å². The molecule has 0 fully saturated rings. The summed E-state index contributed by atoms with van der Waals surface area (Å²) in [7, 11) is 1.60. The third-order valence-corrected chi connectivity index (χ3v) is 4.47. The summed E-state index contributed by atoms with van der Waals surface area (Å²) in [6, 6.07) is 12.6. The highest BCUT2D eigenvalue weighted by atomic mass is 16.2. The molecular weight excluding hydrogens is 330 g/mol. The molecule has 3 rings (SSSR count). The van der Waals surface area contributed by atoms with E-state index in [1.807, 2.05) is 24.3 Å². The van der Waals surface area contributed by atoms with Gasteiger partial charge in [0.15, 0.2) is 0 Å². The van der Waals surface area contributed by atoms with Crippen molar-refractivity contribution in [3.8, 4) is 0 Å². The summed E-state index contributed by atoms with van der Waals surface area (Å²) in [6.45, 7) is 2.20. The van der Waals surface area contributed by atoms with Crippen molar-refractivity contribution in [2.45, 2.75) is 19.8 Å². The third kappa shape index (κ3) is 3.74. The molecule has 6 heteroatoms. The molecule has 134 valence electrons. The van der Waals surface area contributed by atoms with Crippen molar-refractivity contribution in [2.75, 3.05) is 23.8 Å². The van der Waals surface area contributed by atoms with Gasteiger partial charge in [0, 0.05) is 37.5 Å². The molecule has 1 aliphatic heterocycles. The van der Waals surface area contributed by atoms with Crippen LogP contribution in [0.2, 0.25) is 0 Å². The average molecular weight is 351 g/mol. The van der Waals surface area contributed by atoms with Crippen molar-refractivity contribution >= 4 is 29.1 Å². The second kappa shape index (κ2) is 7.39. The minimum atomic E-state index is -0.201. The Hall–Kier alpha value is -3.15. The molecule has 0 saturated carbocycles. The molecule has 0 radical (unpaired) electrons. The molecule has 0 atom stereocenters. The molecule has 0 unspecified atom stereocenters. The number of fused-ring (bicyclic) bond motifs is 1. The van der Waals surface area contributed by atoms with Crippen molar-refractivity contribution in [3.05, 3.63) is 59.2 Å². The summed E-state index contributed by atoms with van der Waals surface area (Å²) in [4.78, 5) is 37.2. The van der Waals surface area contributed by atoms with Gasteiger partial charge in [-0.1, -0.05) is 12.1 Å². The predicted molar refractivity (Wildman–Crippen MR) is 100 cm³/mol. The minimum Gasteiger partial charge on any atom is -0.359 e. The number of hydrogen-bond donors (Lipinski definition) is 2. The maximum atomic E-state index is 12.5. The first-order valence-electron chi connectivity index (χ1n) is 8.50. The molecule has 0 saturated heterocycles. The molecule has 0 aromatic heterocycles. The highest BCUT2D eigenvalue weighted by Crippen LogP contribution is 2.29. The van der Waals surface area contributed by atoms with E-state index in [1.54, 1.807) is 37.1 Å². The van der Waals surface area contributed by atoms with Crippen LogP contribution in [0.1, 0.15) is 28.4 Å². The number of carbonyl (C=O) groups is 3. The van der Waals surface area contributed by atoms with Crippen LogP contribution in [0.5, 0.6) is 0 Å². The van der Waals surface area contributed by atoms with Crippen molar-refractivity contribution in [1.82, 2.24) is 5.32 Å². The molecule has 3 amide bonds. The van der Waals surface area contributed by atoms with Crippen LogP contribution in [-0.4, -0.2) is 31.3 Å². The van der Waals surface area contributed by atoms with Crippen LogP contribution in [0.4, 0.5) is 11.4 Å². The fourth-order valence-corrected chi connectivity index (χ4v) is 3.05. The Labute approximate surface area is 152 Å². The summed E-state index contributed by atoms with van der Waals surface area (Å²) < 4.78 is 0. The van der Waals surface area contributed by atoms with Gasteiger partial charge in [0.1, 0.15) is 0 Å². The average Bonchev–Trinajstić information content (AvgIpc) is 3.06. The van der Waals surface area contributed by atoms with E-state index in [-0.39, 0.29) is 17.7 Å². The maximum Gasteiger partial charge on any atom is 0.255 e. The van der Waals surface area contributed by atoms with Gasteiger partial charge in [-0.3, -0.25) is 14.4 Å². The van der Waals surface area contributed by atoms with Crippen LogP contribution in [-0.2, 0) is 22.4 Å². The van der Waals surface area contributed by atoms with E-state index >= 15 is 0 Å². The lowest BCUT2D eigenvalue weighted by molar-refractivity contribution is -0.120. The van der Waals surface area contributed by atoms with E-state index < -0.39 is 0 Å². The number of likely N-dealkylation sites (N-methyl/N-ethyl adjacent to an activating group) is 1. The van der Waals surface area contributed by atoms with E-state index in [0.29, 0.717) is 24.2 Å². The molecular formula is C20H21N3O3. The first-order valence-corrected chi connectivity index (χ1v) is 8.50. The number of rotatable bonds is 4. The SMILES string of the molecule is CNC(=O)Cc1ccc(NC(=O)c2ccc3c(c2)CCN3C(C)=O)cc1. The van der Waals surface area contributed by atoms with Gasteiger partial charge in [-0.2, -0.15) is 0 Å². The van der Waals surface area contributed by atoms with E-state index in [2.05, 4.69) is 10.6 Å². The minimum absolute atomic E-state index is 0.0118. The molecule has 26 heavy (non-hydrogen) atoms. The quantitative estimate of drug-likeness (QED) is 0.886. The topological polar surface area (TPSA) is 78.5 Å². The monoisotopic (exact) mass is 351 g/mol. The highest BCUT2D eigenvalue weighted by Gasteiger charge is 2.23. The second-order valence-electron chi connectivity index (χ2n) is 6.27. The van der Waals surface area contributed by atoms with Crippen molar-refractivity contribution in [3.63, 3.8) is 0 Å². The number of carbonyl (C=O) groups excluding carboxylic acids is 3. The van der Waals surface area contributed by atoms with Gasteiger partial charge in [0.25, 0.3) is 5.91 Å². The standard InChI is InChI=1S/C20H21N3O3/c1-13(24)23-10-9-15-12-16(5-8-18(15)23)20(26)22-17-6-3-14(4-7-17)11-19(25)21-2/h3-8,12H,9-11H2,1-2H3,(H,21,25)(H,22,26). The van der Waals surface area contributed by atoms with Crippen LogP contribution in [0.3, 0.4) is 0 Å². The Kier molecular flexibility index (Phi) is 5.02. The third-order valence-electron chi connectivity index (χ3n) is 4.47. The van der Waals surface area contributed by atoms with Gasteiger partial charge in [-0.15, -0.1) is 0 Å². The van der Waals surface area contributed by atoms with E-state index in [9.17, 15) is 14.4 Å². The lowest BCUT2D eigenvalue weighted by atomic mass is 10.1. The molecule has 1 aliphatic rings. The van der Waals surface area contributed by atoms with Gasteiger partial charge < -0.3 is 15.5 Å². The zero-order valence-corrected chi connectivity index (χ0v) is 14.8. The molecule has 0 spiro atoms. The van der Waals surface area contributed by atoms with Gasteiger partial charge in [-0.25, -0.2) is 0 Å². The second-order valence-corrected chi connectivity index (χ2v) is 6.27. The van der Waals surface area contributed by atoms with E-state index in [0.717, 1.165) is 23.2 Å². The van der Waals surface area contributed by atoms with Crippen molar-refractivity contribution < 1.29 is 14.4 Å². The molecule has 2 aromatic rings. The molecule has 0 aliphatic carbocycles. The number of anilines is 2. The Bertz CT molecular complexity index is 859. The molecule has 2 N–H and O–H groups in total. The summed E-state index contributed by atoms with van der Waals surface area (Å²) in [5.41, 5.74) is 4.00. The van der Waals surface area contributed by atoms with Crippen LogP contribution in [0.25, 0.3) is 0 Å². The number of hydrogen-bond acceptors (Lipinski definition) is 3.